The molecule has 1 aromatic rings. The van der Waals surface area contributed by atoms with Crippen molar-refractivity contribution < 1.29 is 13.9 Å². The maximum absolute atomic E-state index is 13.8. The lowest BCUT2D eigenvalue weighted by atomic mass is 10.0. The molecule has 0 atom stereocenters. The van der Waals surface area contributed by atoms with Gasteiger partial charge in [-0.25, -0.2) is 9.18 Å². The second-order valence-corrected chi connectivity index (χ2v) is 4.71. The Hall–Kier alpha value is -1.10. The van der Waals surface area contributed by atoms with Crippen molar-refractivity contribution in [3.63, 3.8) is 0 Å². The third kappa shape index (κ3) is 3.20. The first-order valence-electron chi connectivity index (χ1n) is 4.86. The van der Waals surface area contributed by atoms with Gasteiger partial charge < -0.3 is 10.5 Å². The summed E-state index contributed by atoms with van der Waals surface area (Å²) in [4.78, 5) is 10.7. The zero-order valence-corrected chi connectivity index (χ0v) is 10.7. The number of hydrogen-bond donors (Lipinski definition) is 1. The Morgan fingerprint density at radius 2 is 2.19 bits per heavy atom. The first-order chi connectivity index (χ1) is 7.41. The number of amides is 1. The molecule has 0 aliphatic carbocycles. The van der Waals surface area contributed by atoms with Crippen LogP contribution in [0.4, 0.5) is 9.18 Å². The van der Waals surface area contributed by atoms with E-state index in [-0.39, 0.29) is 11.7 Å². The molecule has 16 heavy (non-hydrogen) atoms. The average molecular weight is 290 g/mol. The normalized spacial score (nSPS) is 10.6. The van der Waals surface area contributed by atoms with E-state index in [2.05, 4.69) is 15.9 Å². The van der Waals surface area contributed by atoms with Crippen molar-refractivity contribution in [1.82, 2.24) is 0 Å². The number of rotatable bonds is 3. The van der Waals surface area contributed by atoms with Gasteiger partial charge in [0.25, 0.3) is 0 Å². The van der Waals surface area contributed by atoms with Gasteiger partial charge in [0.2, 0.25) is 0 Å². The third-order valence-corrected chi connectivity index (χ3v) is 2.59. The van der Waals surface area contributed by atoms with Crippen molar-refractivity contribution in [3.05, 3.63) is 28.0 Å². The number of carbonyl (C=O) groups is 1. The Labute approximate surface area is 102 Å². The van der Waals surface area contributed by atoms with E-state index < -0.39 is 11.9 Å². The van der Waals surface area contributed by atoms with Crippen LogP contribution in [0.15, 0.2) is 16.6 Å². The summed E-state index contributed by atoms with van der Waals surface area (Å²) in [6, 6.07) is 3.01. The van der Waals surface area contributed by atoms with Crippen molar-refractivity contribution in [1.29, 1.82) is 0 Å². The lowest BCUT2D eigenvalue weighted by molar-refractivity contribution is 0.210. The van der Waals surface area contributed by atoms with Gasteiger partial charge in [-0.2, -0.15) is 0 Å². The van der Waals surface area contributed by atoms with Gasteiger partial charge in [0.05, 0.1) is 4.47 Å². The number of primary amides is 1. The van der Waals surface area contributed by atoms with Gasteiger partial charge in [-0.15, -0.1) is 0 Å². The molecular formula is C11H13BrFNO2. The summed E-state index contributed by atoms with van der Waals surface area (Å²) < 4.78 is 18.9. The SMILES string of the molecule is CC(C)Cc1c(OC(N)=O)ccc(Br)c1F. The van der Waals surface area contributed by atoms with Gasteiger partial charge in [-0.05, 0) is 40.4 Å². The highest BCUT2D eigenvalue weighted by Gasteiger charge is 2.15. The van der Waals surface area contributed by atoms with E-state index >= 15 is 0 Å². The average Bonchev–Trinajstić information content (AvgIpc) is 2.16. The lowest BCUT2D eigenvalue weighted by Crippen LogP contribution is -2.18. The molecular weight excluding hydrogens is 277 g/mol. The first kappa shape index (κ1) is 13.0. The molecule has 1 aromatic carbocycles. The largest absolute Gasteiger partial charge is 0.410 e. The topological polar surface area (TPSA) is 52.3 Å². The Bertz CT molecular complexity index is 407. The molecule has 0 aromatic heterocycles. The molecule has 5 heteroatoms. The molecule has 1 rings (SSSR count). The molecule has 0 spiro atoms. The Kier molecular flexibility index (Phi) is 4.29. The number of carbonyl (C=O) groups excluding carboxylic acids is 1. The predicted octanol–water partition coefficient (Wildman–Crippen LogP) is 3.24. The minimum absolute atomic E-state index is 0.182. The summed E-state index contributed by atoms with van der Waals surface area (Å²) in [6.07, 6.45) is -0.458. The predicted molar refractivity (Wildman–Crippen MR) is 62.9 cm³/mol. The van der Waals surface area contributed by atoms with Crippen molar-refractivity contribution in [3.8, 4) is 5.75 Å². The fourth-order valence-corrected chi connectivity index (χ4v) is 1.75. The fourth-order valence-electron chi connectivity index (χ4n) is 1.38. The molecule has 0 saturated carbocycles. The first-order valence-corrected chi connectivity index (χ1v) is 5.65. The minimum atomic E-state index is -0.938. The van der Waals surface area contributed by atoms with Crippen LogP contribution in [0.1, 0.15) is 19.4 Å². The summed E-state index contributed by atoms with van der Waals surface area (Å²) >= 11 is 3.09. The van der Waals surface area contributed by atoms with Gasteiger partial charge in [-0.1, -0.05) is 13.8 Å². The zero-order valence-electron chi connectivity index (χ0n) is 9.09. The van der Waals surface area contributed by atoms with Crippen LogP contribution in [0.5, 0.6) is 5.75 Å². The minimum Gasteiger partial charge on any atom is -0.410 e. The highest BCUT2D eigenvalue weighted by molar-refractivity contribution is 9.10. The lowest BCUT2D eigenvalue weighted by Gasteiger charge is -2.12. The molecule has 0 aliphatic rings. The summed E-state index contributed by atoms with van der Waals surface area (Å²) in [6.45, 7) is 3.91. The van der Waals surface area contributed by atoms with E-state index in [4.69, 9.17) is 10.5 Å². The highest BCUT2D eigenvalue weighted by Crippen LogP contribution is 2.29. The zero-order chi connectivity index (χ0) is 12.3. The van der Waals surface area contributed by atoms with Crippen LogP contribution < -0.4 is 10.5 Å². The van der Waals surface area contributed by atoms with Gasteiger partial charge in [-0.3, -0.25) is 0 Å². The maximum atomic E-state index is 13.8. The molecule has 0 unspecified atom stereocenters. The molecule has 0 fully saturated rings. The quantitative estimate of drug-likeness (QED) is 0.929. The van der Waals surface area contributed by atoms with Crippen LogP contribution >= 0.6 is 15.9 Å². The second-order valence-electron chi connectivity index (χ2n) is 3.86. The van der Waals surface area contributed by atoms with Crippen LogP contribution in [-0.2, 0) is 6.42 Å². The monoisotopic (exact) mass is 289 g/mol. The number of benzene rings is 1. The van der Waals surface area contributed by atoms with Crippen LogP contribution in [0.2, 0.25) is 0 Å². The molecule has 0 bridgehead atoms. The van der Waals surface area contributed by atoms with Gasteiger partial charge >= 0.3 is 6.09 Å². The van der Waals surface area contributed by atoms with E-state index in [1.54, 1.807) is 0 Å². The fraction of sp³-hybridized carbons (Fsp3) is 0.364. The molecule has 2 N–H and O–H groups in total. The summed E-state index contributed by atoms with van der Waals surface area (Å²) in [5.74, 6) is 0.0216. The maximum Gasteiger partial charge on any atom is 0.409 e. The molecule has 0 saturated heterocycles. The number of hydrogen-bond acceptors (Lipinski definition) is 2. The van der Waals surface area contributed by atoms with Crippen LogP contribution in [-0.4, -0.2) is 6.09 Å². The summed E-state index contributed by atoms with van der Waals surface area (Å²) in [5.41, 5.74) is 5.28. The second kappa shape index (κ2) is 5.30. The Morgan fingerprint density at radius 3 is 2.69 bits per heavy atom. The smallest absolute Gasteiger partial charge is 0.409 e. The molecule has 0 radical (unpaired) electrons. The number of halogens is 2. The van der Waals surface area contributed by atoms with Gasteiger partial charge in [0, 0.05) is 5.56 Å². The van der Waals surface area contributed by atoms with E-state index in [9.17, 15) is 9.18 Å². The van der Waals surface area contributed by atoms with E-state index in [1.165, 1.54) is 12.1 Å². The van der Waals surface area contributed by atoms with E-state index in [1.807, 2.05) is 13.8 Å². The van der Waals surface area contributed by atoms with Crippen molar-refractivity contribution in [2.45, 2.75) is 20.3 Å². The summed E-state index contributed by atoms with van der Waals surface area (Å²) in [7, 11) is 0. The van der Waals surface area contributed by atoms with E-state index in [0.717, 1.165) is 0 Å². The standard InChI is InChI=1S/C11H13BrFNO2/c1-6(2)5-7-9(16-11(14)15)4-3-8(12)10(7)13/h3-4,6H,5H2,1-2H3,(H2,14,15). The molecule has 1 amide bonds. The van der Waals surface area contributed by atoms with Crippen molar-refractivity contribution in [2.24, 2.45) is 11.7 Å². The Morgan fingerprint density at radius 1 is 1.56 bits per heavy atom. The molecule has 0 aliphatic heterocycles. The molecule has 0 heterocycles. The highest BCUT2D eigenvalue weighted by atomic mass is 79.9. The summed E-state index contributed by atoms with van der Waals surface area (Å²) in [5, 5.41) is 0. The van der Waals surface area contributed by atoms with Gasteiger partial charge in [0.1, 0.15) is 11.6 Å². The molecule has 88 valence electrons. The van der Waals surface area contributed by atoms with Crippen molar-refractivity contribution in [2.75, 3.05) is 0 Å². The third-order valence-electron chi connectivity index (χ3n) is 1.98. The van der Waals surface area contributed by atoms with Crippen molar-refractivity contribution >= 4 is 22.0 Å². The van der Waals surface area contributed by atoms with Gasteiger partial charge in [0.15, 0.2) is 0 Å². The molecule has 3 nitrogen and oxygen atoms in total. The van der Waals surface area contributed by atoms with Crippen LogP contribution in [0.25, 0.3) is 0 Å². The van der Waals surface area contributed by atoms with Crippen LogP contribution in [0, 0.1) is 11.7 Å². The number of ether oxygens (including phenoxy) is 1. The van der Waals surface area contributed by atoms with Crippen LogP contribution in [0.3, 0.4) is 0 Å². The Balaban J connectivity index is 3.15. The number of nitrogens with two attached hydrogens (primary N) is 1. The van der Waals surface area contributed by atoms with E-state index in [0.29, 0.717) is 16.5 Å².